The predicted molar refractivity (Wildman–Crippen MR) is 121 cm³/mol. The second kappa shape index (κ2) is 10.1. The van der Waals surface area contributed by atoms with Gasteiger partial charge in [0.05, 0.1) is 0 Å². The van der Waals surface area contributed by atoms with Crippen LogP contribution in [0.25, 0.3) is 0 Å². The first-order chi connectivity index (χ1) is 12.4. The minimum atomic E-state index is -1.98. The summed E-state index contributed by atoms with van der Waals surface area (Å²) < 4.78 is 4.59. The zero-order valence-corrected chi connectivity index (χ0v) is 20.5. The molecule has 2 radical (unpaired) electrons. The number of hydrogen-bond acceptors (Lipinski definition) is 0. The van der Waals surface area contributed by atoms with Crippen molar-refractivity contribution < 1.29 is 0 Å². The van der Waals surface area contributed by atoms with Crippen LogP contribution < -0.4 is 10.7 Å². The molecule has 0 aromatic heterocycles. The van der Waals surface area contributed by atoms with Gasteiger partial charge in [-0.25, -0.2) is 0 Å². The first-order valence-electron chi connectivity index (χ1n) is 9.23. The van der Waals surface area contributed by atoms with E-state index in [1.165, 1.54) is 10.7 Å². The third kappa shape index (κ3) is 6.44. The summed E-state index contributed by atoms with van der Waals surface area (Å²) in [7, 11) is -0.0502. The SMILES string of the molecule is C[Si](C)C(C)(C)C.c1cc[c]([Sn]([c]2ccccc2)[c]2ccccc2)cc1. The molecule has 0 heterocycles. The van der Waals surface area contributed by atoms with Crippen LogP contribution in [0.2, 0.25) is 18.1 Å². The van der Waals surface area contributed by atoms with E-state index in [2.05, 4.69) is 125 Å². The van der Waals surface area contributed by atoms with Gasteiger partial charge < -0.3 is 0 Å². The number of hydrogen-bond donors (Lipinski definition) is 0. The monoisotopic (exact) mass is 466 g/mol. The topological polar surface area (TPSA) is 0 Å². The molecule has 0 N–H and O–H groups in total. The Morgan fingerprint density at radius 2 is 0.769 bits per heavy atom. The Labute approximate surface area is 168 Å². The van der Waals surface area contributed by atoms with E-state index in [4.69, 9.17) is 0 Å². The summed E-state index contributed by atoms with van der Waals surface area (Å²) in [6, 6.07) is 32.9. The molecule has 0 aliphatic rings. The summed E-state index contributed by atoms with van der Waals surface area (Å²) in [6.07, 6.45) is 0. The number of rotatable bonds is 3. The Bertz CT molecular complexity index is 653. The minimum absolute atomic E-state index is 0.0502. The van der Waals surface area contributed by atoms with Gasteiger partial charge in [0.25, 0.3) is 0 Å². The Balaban J connectivity index is 0.000000298. The fourth-order valence-corrected chi connectivity index (χ4v) is 9.67. The van der Waals surface area contributed by atoms with Crippen LogP contribution in [0.5, 0.6) is 0 Å². The fraction of sp³-hybridized carbons (Fsp3) is 0.250. The van der Waals surface area contributed by atoms with Crippen molar-refractivity contribution in [1.29, 1.82) is 0 Å². The van der Waals surface area contributed by atoms with Crippen molar-refractivity contribution >= 4 is 39.3 Å². The first-order valence-corrected chi connectivity index (χ1v) is 16.0. The summed E-state index contributed by atoms with van der Waals surface area (Å²) in [5, 5.41) is 0.602. The van der Waals surface area contributed by atoms with Crippen LogP contribution in [0.4, 0.5) is 0 Å². The van der Waals surface area contributed by atoms with Crippen molar-refractivity contribution in [2.75, 3.05) is 0 Å². The zero-order chi connectivity index (χ0) is 19.0. The summed E-state index contributed by atoms with van der Waals surface area (Å²) in [5.41, 5.74) is 0. The van der Waals surface area contributed by atoms with Gasteiger partial charge in [-0.2, -0.15) is 0 Å². The van der Waals surface area contributed by atoms with Gasteiger partial charge in [-0.3, -0.25) is 0 Å². The average molecular weight is 465 g/mol. The summed E-state index contributed by atoms with van der Waals surface area (Å²) in [5.74, 6) is 0. The van der Waals surface area contributed by atoms with Gasteiger partial charge >= 0.3 is 121 Å². The van der Waals surface area contributed by atoms with E-state index >= 15 is 0 Å². The van der Waals surface area contributed by atoms with Crippen molar-refractivity contribution in [3.05, 3.63) is 91.0 Å². The molecule has 0 saturated carbocycles. The quantitative estimate of drug-likeness (QED) is 0.491. The normalized spacial score (nSPS) is 11.2. The molecule has 0 spiro atoms. The third-order valence-corrected chi connectivity index (χ3v) is 15.5. The van der Waals surface area contributed by atoms with E-state index in [0.717, 1.165) is 0 Å². The molecule has 0 nitrogen and oxygen atoms in total. The van der Waals surface area contributed by atoms with Crippen LogP contribution in [-0.4, -0.2) is 28.6 Å². The zero-order valence-electron chi connectivity index (χ0n) is 16.7. The molecule has 0 fully saturated rings. The molecular formula is C24H30SiSn. The standard InChI is InChI=1S/C6H15Si.3C6H5.Sn/c1-6(2,3)7(4)5;3*1-2-4-6-5-3-1;/h1-5H3;3*1-5H;. The Hall–Kier alpha value is -1.32. The second-order valence-electron chi connectivity index (χ2n) is 7.72. The van der Waals surface area contributed by atoms with Crippen LogP contribution in [0, 0.1) is 0 Å². The van der Waals surface area contributed by atoms with Gasteiger partial charge in [0.1, 0.15) is 0 Å². The van der Waals surface area contributed by atoms with Gasteiger partial charge in [-0.05, 0) is 5.04 Å². The summed E-state index contributed by atoms with van der Waals surface area (Å²) >= 11 is -1.98. The van der Waals surface area contributed by atoms with Crippen molar-refractivity contribution in [2.24, 2.45) is 0 Å². The molecular weight excluding hydrogens is 435 g/mol. The Morgan fingerprint density at radius 1 is 0.538 bits per heavy atom. The van der Waals surface area contributed by atoms with Crippen LogP contribution >= 0.6 is 0 Å². The molecule has 3 aromatic carbocycles. The maximum atomic E-state index is 2.35. The van der Waals surface area contributed by atoms with E-state index in [1.54, 1.807) is 0 Å². The van der Waals surface area contributed by atoms with Crippen molar-refractivity contribution in [2.45, 2.75) is 38.9 Å². The van der Waals surface area contributed by atoms with Crippen LogP contribution in [0.15, 0.2) is 91.0 Å². The van der Waals surface area contributed by atoms with E-state index in [-0.39, 0.29) is 8.80 Å². The molecule has 0 aliphatic carbocycles. The molecule has 0 aliphatic heterocycles. The van der Waals surface area contributed by atoms with Crippen molar-refractivity contribution in [3.63, 3.8) is 0 Å². The number of benzene rings is 3. The molecule has 0 amide bonds. The molecule has 0 atom stereocenters. The fourth-order valence-electron chi connectivity index (χ4n) is 2.31. The molecule has 26 heavy (non-hydrogen) atoms. The van der Waals surface area contributed by atoms with Gasteiger partial charge in [0.15, 0.2) is 0 Å². The average Bonchev–Trinajstić information content (AvgIpc) is 2.64. The van der Waals surface area contributed by atoms with Crippen molar-refractivity contribution in [3.8, 4) is 0 Å². The van der Waals surface area contributed by atoms with Crippen LogP contribution in [0.1, 0.15) is 20.8 Å². The van der Waals surface area contributed by atoms with Crippen LogP contribution in [-0.2, 0) is 0 Å². The molecule has 134 valence electrons. The van der Waals surface area contributed by atoms with Crippen LogP contribution in [0.3, 0.4) is 0 Å². The molecule has 0 saturated heterocycles. The maximum absolute atomic E-state index is 2.35. The first kappa shape index (κ1) is 21.0. The molecule has 0 bridgehead atoms. The van der Waals surface area contributed by atoms with E-state index in [9.17, 15) is 0 Å². The van der Waals surface area contributed by atoms with E-state index in [0.29, 0.717) is 5.04 Å². The van der Waals surface area contributed by atoms with Gasteiger partial charge in [-0.15, -0.1) is 0 Å². The van der Waals surface area contributed by atoms with Crippen molar-refractivity contribution in [1.82, 2.24) is 0 Å². The molecule has 0 unspecified atom stereocenters. The molecule has 3 rings (SSSR count). The summed E-state index contributed by atoms with van der Waals surface area (Å²) in [4.78, 5) is 0. The molecule has 2 heteroatoms. The third-order valence-electron chi connectivity index (χ3n) is 4.69. The van der Waals surface area contributed by atoms with E-state index < -0.39 is 19.8 Å². The van der Waals surface area contributed by atoms with Gasteiger partial charge in [0, 0.05) is 8.80 Å². The molecule has 3 aromatic rings. The predicted octanol–water partition coefficient (Wildman–Crippen LogP) is 4.74. The van der Waals surface area contributed by atoms with Gasteiger partial charge in [0.2, 0.25) is 0 Å². The second-order valence-corrected chi connectivity index (χ2v) is 18.3. The van der Waals surface area contributed by atoms with Gasteiger partial charge in [-0.1, -0.05) is 33.9 Å². The Kier molecular flexibility index (Phi) is 8.17. The van der Waals surface area contributed by atoms with E-state index in [1.807, 2.05) is 0 Å². The Morgan fingerprint density at radius 3 is 0.962 bits per heavy atom. The summed E-state index contributed by atoms with van der Waals surface area (Å²) in [6.45, 7) is 11.6.